The number of benzene rings is 2. The molecule has 0 bridgehead atoms. The molecule has 0 saturated carbocycles. The molecule has 3 rings (SSSR count). The van der Waals surface area contributed by atoms with Crippen molar-refractivity contribution in [2.24, 2.45) is 11.8 Å². The first-order valence-electron chi connectivity index (χ1n) is 9.77. The first kappa shape index (κ1) is 21.2. The van der Waals surface area contributed by atoms with Crippen molar-refractivity contribution in [1.29, 1.82) is 0 Å². The molecule has 2 aromatic rings. The van der Waals surface area contributed by atoms with Crippen LogP contribution >= 0.6 is 11.8 Å². The van der Waals surface area contributed by atoms with E-state index in [-0.39, 0.29) is 5.92 Å². The summed E-state index contributed by atoms with van der Waals surface area (Å²) < 4.78 is 34.8. The summed E-state index contributed by atoms with van der Waals surface area (Å²) in [4.78, 5) is 2.72. The standard InChI is InChI=1S/C22H29NO3S2/c1-17(2)15-19-13-14-23(20-11-9-18(3)10-12-20)22(16-19,28(24,25)26)27-21-7-5-4-6-8-21/h4-12,17,19H,13-16H2,1-3H3,(H,24,25,26). The third-order valence-electron chi connectivity index (χ3n) is 5.29. The van der Waals surface area contributed by atoms with Crippen LogP contribution < -0.4 is 4.90 Å². The fourth-order valence-electron chi connectivity index (χ4n) is 4.04. The van der Waals surface area contributed by atoms with Gasteiger partial charge in [0.25, 0.3) is 10.1 Å². The Morgan fingerprint density at radius 2 is 1.79 bits per heavy atom. The Morgan fingerprint density at radius 1 is 1.14 bits per heavy atom. The Hall–Kier alpha value is -1.50. The molecule has 4 nitrogen and oxygen atoms in total. The van der Waals surface area contributed by atoms with Crippen molar-refractivity contribution < 1.29 is 13.0 Å². The molecular weight excluding hydrogens is 390 g/mol. The van der Waals surface area contributed by atoms with E-state index in [2.05, 4.69) is 13.8 Å². The summed E-state index contributed by atoms with van der Waals surface area (Å²) in [6, 6.07) is 17.4. The minimum Gasteiger partial charge on any atom is -0.342 e. The van der Waals surface area contributed by atoms with E-state index in [1.165, 1.54) is 11.8 Å². The van der Waals surface area contributed by atoms with E-state index >= 15 is 0 Å². The molecule has 2 unspecified atom stereocenters. The van der Waals surface area contributed by atoms with Crippen molar-refractivity contribution in [3.8, 4) is 0 Å². The fraction of sp³-hybridized carbons (Fsp3) is 0.455. The fourth-order valence-corrected chi connectivity index (χ4v) is 6.96. The molecule has 152 valence electrons. The molecule has 0 amide bonds. The van der Waals surface area contributed by atoms with Crippen LogP contribution in [0.25, 0.3) is 0 Å². The van der Waals surface area contributed by atoms with Crippen LogP contribution in [0.15, 0.2) is 59.5 Å². The molecular formula is C22H29NO3S2. The smallest absolute Gasteiger partial charge is 0.299 e. The summed E-state index contributed by atoms with van der Waals surface area (Å²) in [6.45, 7) is 6.92. The van der Waals surface area contributed by atoms with E-state index in [1.54, 1.807) is 0 Å². The predicted octanol–water partition coefficient (Wildman–Crippen LogP) is 5.59. The highest BCUT2D eigenvalue weighted by atomic mass is 32.3. The zero-order valence-corrected chi connectivity index (χ0v) is 18.3. The van der Waals surface area contributed by atoms with Gasteiger partial charge in [-0.2, -0.15) is 8.42 Å². The van der Waals surface area contributed by atoms with Crippen LogP contribution in [0.2, 0.25) is 0 Å². The molecule has 28 heavy (non-hydrogen) atoms. The first-order chi connectivity index (χ1) is 13.2. The van der Waals surface area contributed by atoms with Crippen molar-refractivity contribution >= 4 is 27.6 Å². The highest BCUT2D eigenvalue weighted by molar-refractivity contribution is 8.13. The summed E-state index contributed by atoms with van der Waals surface area (Å²) in [5.41, 5.74) is 1.95. The molecule has 1 aliphatic heterocycles. The second kappa shape index (κ2) is 8.47. The molecule has 1 N–H and O–H groups in total. The molecule has 1 heterocycles. The van der Waals surface area contributed by atoms with Gasteiger partial charge in [-0.05, 0) is 55.9 Å². The van der Waals surface area contributed by atoms with Gasteiger partial charge in [0.15, 0.2) is 0 Å². The van der Waals surface area contributed by atoms with Gasteiger partial charge in [-0.1, -0.05) is 61.5 Å². The average Bonchev–Trinajstić information content (AvgIpc) is 2.62. The van der Waals surface area contributed by atoms with Gasteiger partial charge in [-0.3, -0.25) is 4.55 Å². The van der Waals surface area contributed by atoms with Gasteiger partial charge < -0.3 is 4.90 Å². The summed E-state index contributed by atoms with van der Waals surface area (Å²) >= 11 is 1.24. The second-order valence-corrected chi connectivity index (χ2v) is 11.3. The maximum Gasteiger partial charge on any atom is 0.299 e. The highest BCUT2D eigenvalue weighted by Gasteiger charge is 2.53. The molecule has 1 saturated heterocycles. The summed E-state index contributed by atoms with van der Waals surface area (Å²) in [5, 5.41) is 0. The summed E-state index contributed by atoms with van der Waals surface area (Å²) in [6.07, 6.45) is 2.27. The van der Waals surface area contributed by atoms with Gasteiger partial charge in [-0.15, -0.1) is 0 Å². The number of hydrogen-bond donors (Lipinski definition) is 1. The number of hydrogen-bond acceptors (Lipinski definition) is 4. The van der Waals surface area contributed by atoms with Crippen LogP contribution in [0.4, 0.5) is 5.69 Å². The summed E-state index contributed by atoms with van der Waals surface area (Å²) in [5.74, 6) is 0.733. The van der Waals surface area contributed by atoms with Crippen molar-refractivity contribution in [2.75, 3.05) is 11.4 Å². The normalized spacial score (nSPS) is 23.2. The predicted molar refractivity (Wildman–Crippen MR) is 117 cm³/mol. The molecule has 2 aromatic carbocycles. The molecule has 0 aliphatic carbocycles. The number of rotatable bonds is 6. The van der Waals surface area contributed by atoms with Crippen LogP contribution in [0.5, 0.6) is 0 Å². The van der Waals surface area contributed by atoms with E-state index in [0.29, 0.717) is 18.9 Å². The monoisotopic (exact) mass is 419 g/mol. The van der Waals surface area contributed by atoms with Gasteiger partial charge >= 0.3 is 0 Å². The molecule has 1 aliphatic rings. The van der Waals surface area contributed by atoms with Crippen molar-refractivity contribution in [1.82, 2.24) is 0 Å². The van der Waals surface area contributed by atoms with E-state index in [1.807, 2.05) is 66.4 Å². The second-order valence-electron chi connectivity index (χ2n) is 8.08. The quantitative estimate of drug-likeness (QED) is 0.618. The van der Waals surface area contributed by atoms with E-state index < -0.39 is 14.3 Å². The Bertz CT molecular complexity index is 882. The average molecular weight is 420 g/mol. The van der Waals surface area contributed by atoms with Gasteiger partial charge in [0.05, 0.1) is 0 Å². The topological polar surface area (TPSA) is 57.6 Å². The van der Waals surface area contributed by atoms with Crippen molar-refractivity contribution in [2.45, 2.75) is 49.1 Å². The Balaban J connectivity index is 2.09. The number of piperidine rings is 1. The van der Waals surface area contributed by atoms with Crippen LogP contribution in [0.1, 0.15) is 38.7 Å². The lowest BCUT2D eigenvalue weighted by Gasteiger charge is -2.48. The molecule has 6 heteroatoms. The highest BCUT2D eigenvalue weighted by Crippen LogP contribution is 2.50. The number of anilines is 1. The van der Waals surface area contributed by atoms with Crippen molar-refractivity contribution in [3.05, 3.63) is 60.2 Å². The Morgan fingerprint density at radius 3 is 2.36 bits per heavy atom. The van der Waals surface area contributed by atoms with Gasteiger partial charge in [0.2, 0.25) is 4.20 Å². The minimum atomic E-state index is -4.37. The lowest BCUT2D eigenvalue weighted by atomic mass is 9.88. The Labute approximate surface area is 173 Å². The van der Waals surface area contributed by atoms with Gasteiger partial charge in [0.1, 0.15) is 0 Å². The lowest BCUT2D eigenvalue weighted by Crippen LogP contribution is -2.57. The molecule has 2 atom stereocenters. The number of aryl methyl sites for hydroxylation is 1. The molecule has 0 aromatic heterocycles. The maximum atomic E-state index is 12.9. The Kier molecular flexibility index (Phi) is 6.42. The van der Waals surface area contributed by atoms with Gasteiger partial charge in [-0.25, -0.2) is 0 Å². The lowest BCUT2D eigenvalue weighted by molar-refractivity contribution is 0.301. The molecule has 0 radical (unpaired) electrons. The first-order valence-corrected chi connectivity index (χ1v) is 12.0. The van der Waals surface area contributed by atoms with Crippen LogP contribution in [-0.4, -0.2) is 23.7 Å². The molecule has 1 fully saturated rings. The van der Waals surface area contributed by atoms with E-state index in [4.69, 9.17) is 0 Å². The SMILES string of the molecule is Cc1ccc(N2CCC(CC(C)C)CC2(Sc2ccccc2)S(=O)(=O)O)cc1. The zero-order chi connectivity index (χ0) is 20.4. The largest absolute Gasteiger partial charge is 0.342 e. The van der Waals surface area contributed by atoms with Crippen LogP contribution in [0, 0.1) is 18.8 Å². The number of thioether (sulfide) groups is 1. The zero-order valence-electron chi connectivity index (χ0n) is 16.7. The third-order valence-corrected chi connectivity index (χ3v) is 8.58. The van der Waals surface area contributed by atoms with E-state index in [0.717, 1.165) is 29.0 Å². The van der Waals surface area contributed by atoms with E-state index in [9.17, 15) is 13.0 Å². The number of nitrogens with zero attached hydrogens (tertiary/aromatic N) is 1. The third kappa shape index (κ3) is 4.56. The van der Waals surface area contributed by atoms with Gasteiger partial charge in [0, 0.05) is 23.5 Å². The van der Waals surface area contributed by atoms with Crippen LogP contribution in [0.3, 0.4) is 0 Å². The van der Waals surface area contributed by atoms with Crippen molar-refractivity contribution in [3.63, 3.8) is 0 Å². The maximum absolute atomic E-state index is 12.9. The summed E-state index contributed by atoms with van der Waals surface area (Å²) in [7, 11) is -4.37. The minimum absolute atomic E-state index is 0.250. The molecule has 0 spiro atoms. The van der Waals surface area contributed by atoms with Crippen LogP contribution in [-0.2, 0) is 10.1 Å².